The number of pyridine rings is 2. The Labute approximate surface area is 195 Å². The zero-order valence-electron chi connectivity index (χ0n) is 18.2. The van der Waals surface area contributed by atoms with E-state index in [4.69, 9.17) is 4.74 Å². The van der Waals surface area contributed by atoms with Gasteiger partial charge in [0.1, 0.15) is 11.3 Å². The van der Waals surface area contributed by atoms with E-state index in [1.807, 2.05) is 6.92 Å². The second-order valence-corrected chi connectivity index (χ2v) is 8.99. The number of hydrogen-bond acceptors (Lipinski definition) is 6. The summed E-state index contributed by atoms with van der Waals surface area (Å²) in [7, 11) is -3.98. The van der Waals surface area contributed by atoms with Crippen molar-refractivity contribution in [2.45, 2.75) is 18.4 Å². The van der Waals surface area contributed by atoms with Gasteiger partial charge in [0.25, 0.3) is 15.9 Å². The molecular formula is C24H22N4O5S. The number of amides is 1. The van der Waals surface area contributed by atoms with Gasteiger partial charge in [-0.2, -0.15) is 0 Å². The van der Waals surface area contributed by atoms with E-state index in [1.54, 1.807) is 48.7 Å². The van der Waals surface area contributed by atoms with Crippen LogP contribution in [0, 0.1) is 0 Å². The van der Waals surface area contributed by atoms with Crippen molar-refractivity contribution in [3.63, 3.8) is 0 Å². The van der Waals surface area contributed by atoms with E-state index in [0.717, 1.165) is 0 Å². The number of H-pyrrole nitrogens is 1. The van der Waals surface area contributed by atoms with Crippen LogP contribution in [0.1, 0.15) is 23.0 Å². The number of rotatable bonds is 8. The van der Waals surface area contributed by atoms with Crippen molar-refractivity contribution in [2.24, 2.45) is 0 Å². The van der Waals surface area contributed by atoms with E-state index in [9.17, 15) is 18.0 Å². The summed E-state index contributed by atoms with van der Waals surface area (Å²) >= 11 is 0. The number of fused-ring (bicyclic) bond motifs is 1. The number of aromatic amines is 1. The molecule has 10 heteroatoms. The molecule has 3 N–H and O–H groups in total. The number of aromatic nitrogens is 2. The van der Waals surface area contributed by atoms with E-state index in [0.29, 0.717) is 29.3 Å². The first-order valence-electron chi connectivity index (χ1n) is 10.5. The van der Waals surface area contributed by atoms with E-state index < -0.39 is 21.4 Å². The summed E-state index contributed by atoms with van der Waals surface area (Å²) in [6.45, 7) is 2.50. The molecule has 1 amide bonds. The lowest BCUT2D eigenvalue weighted by molar-refractivity contribution is 0.0949. The third-order valence-electron chi connectivity index (χ3n) is 4.98. The second-order valence-electron chi connectivity index (χ2n) is 7.31. The van der Waals surface area contributed by atoms with Crippen LogP contribution in [0.15, 0.2) is 82.7 Å². The predicted octanol–water partition coefficient (Wildman–Crippen LogP) is 3.05. The van der Waals surface area contributed by atoms with Crippen LogP contribution in [0.5, 0.6) is 5.75 Å². The Bertz CT molecular complexity index is 1480. The summed E-state index contributed by atoms with van der Waals surface area (Å²) in [6.07, 6.45) is 2.92. The molecule has 0 saturated heterocycles. The van der Waals surface area contributed by atoms with Gasteiger partial charge < -0.3 is 15.0 Å². The average molecular weight is 479 g/mol. The van der Waals surface area contributed by atoms with Crippen molar-refractivity contribution < 1.29 is 17.9 Å². The minimum atomic E-state index is -3.98. The van der Waals surface area contributed by atoms with Crippen LogP contribution in [0.2, 0.25) is 0 Å². The van der Waals surface area contributed by atoms with Gasteiger partial charge in [0, 0.05) is 29.0 Å². The lowest BCUT2D eigenvalue weighted by atomic mass is 10.1. The predicted molar refractivity (Wildman–Crippen MR) is 128 cm³/mol. The molecule has 0 fully saturated rings. The smallest absolute Gasteiger partial charge is 0.261 e. The first kappa shape index (κ1) is 23.0. The first-order valence-corrected chi connectivity index (χ1v) is 11.9. The fraction of sp³-hybridized carbons (Fsp3) is 0.125. The molecule has 34 heavy (non-hydrogen) atoms. The molecule has 174 valence electrons. The van der Waals surface area contributed by atoms with E-state index >= 15 is 0 Å². The summed E-state index contributed by atoms with van der Waals surface area (Å²) in [5, 5.41) is 2.73. The number of benzene rings is 2. The van der Waals surface area contributed by atoms with Crippen molar-refractivity contribution in [2.75, 3.05) is 11.3 Å². The average Bonchev–Trinajstić information content (AvgIpc) is 2.84. The van der Waals surface area contributed by atoms with Crippen molar-refractivity contribution >= 4 is 32.5 Å². The second kappa shape index (κ2) is 9.75. The normalized spacial score (nSPS) is 11.2. The highest BCUT2D eigenvalue weighted by Crippen LogP contribution is 2.21. The largest absolute Gasteiger partial charge is 0.494 e. The highest BCUT2D eigenvalue weighted by atomic mass is 32.2. The third kappa shape index (κ3) is 5.07. The molecule has 0 aliphatic rings. The first-order chi connectivity index (χ1) is 16.4. The van der Waals surface area contributed by atoms with Gasteiger partial charge in [-0.05, 0) is 61.5 Å². The molecular weight excluding hydrogens is 456 g/mol. The molecule has 0 saturated carbocycles. The highest BCUT2D eigenvalue weighted by Gasteiger charge is 2.18. The van der Waals surface area contributed by atoms with E-state index in [-0.39, 0.29) is 22.4 Å². The molecule has 4 aromatic rings. The summed E-state index contributed by atoms with van der Waals surface area (Å²) < 4.78 is 33.6. The summed E-state index contributed by atoms with van der Waals surface area (Å²) in [4.78, 5) is 32.5. The quantitative estimate of drug-likeness (QED) is 0.357. The Balaban J connectivity index is 1.59. The van der Waals surface area contributed by atoms with Crippen LogP contribution in [0.4, 0.5) is 5.69 Å². The number of nitrogens with one attached hydrogen (secondary N) is 3. The Kier molecular flexibility index (Phi) is 6.60. The van der Waals surface area contributed by atoms with Crippen molar-refractivity contribution in [1.29, 1.82) is 0 Å². The highest BCUT2D eigenvalue weighted by molar-refractivity contribution is 7.92. The number of ether oxygens (including phenoxy) is 1. The van der Waals surface area contributed by atoms with Gasteiger partial charge >= 0.3 is 0 Å². The molecule has 0 unspecified atom stereocenters. The molecule has 0 aliphatic carbocycles. The summed E-state index contributed by atoms with van der Waals surface area (Å²) in [5.74, 6) is 0.0334. The lowest BCUT2D eigenvalue weighted by Crippen LogP contribution is -2.28. The SMILES string of the molecule is CCOc1ccc(NS(=O)(=O)c2ccc3[nH]cc(C(=O)NCc4ccccn4)c(=O)c3c2)cc1. The van der Waals surface area contributed by atoms with Crippen LogP contribution in [-0.2, 0) is 16.6 Å². The van der Waals surface area contributed by atoms with Crippen LogP contribution < -0.4 is 20.2 Å². The molecule has 0 radical (unpaired) electrons. The number of carbonyl (C=O) groups is 1. The molecule has 0 spiro atoms. The number of sulfonamides is 1. The lowest BCUT2D eigenvalue weighted by Gasteiger charge is -2.10. The molecule has 0 atom stereocenters. The third-order valence-corrected chi connectivity index (χ3v) is 6.36. The summed E-state index contributed by atoms with van der Waals surface area (Å²) in [6, 6.07) is 15.9. The molecule has 9 nitrogen and oxygen atoms in total. The maximum absolute atomic E-state index is 13.0. The van der Waals surface area contributed by atoms with Gasteiger partial charge in [-0.15, -0.1) is 0 Å². The molecule has 2 aromatic carbocycles. The van der Waals surface area contributed by atoms with Gasteiger partial charge in [-0.3, -0.25) is 19.3 Å². The Hall–Kier alpha value is -4.18. The van der Waals surface area contributed by atoms with Crippen LogP contribution >= 0.6 is 0 Å². The molecule has 2 aromatic heterocycles. The van der Waals surface area contributed by atoms with Gasteiger partial charge in [0.05, 0.1) is 23.7 Å². The number of nitrogens with zero attached hydrogens (tertiary/aromatic N) is 1. The minimum Gasteiger partial charge on any atom is -0.494 e. The van der Waals surface area contributed by atoms with Gasteiger partial charge in [-0.25, -0.2) is 8.42 Å². The van der Waals surface area contributed by atoms with Crippen molar-refractivity contribution in [3.8, 4) is 5.75 Å². The van der Waals surface area contributed by atoms with Crippen molar-refractivity contribution in [1.82, 2.24) is 15.3 Å². The van der Waals surface area contributed by atoms with Crippen molar-refractivity contribution in [3.05, 3.63) is 94.5 Å². The number of hydrogen-bond donors (Lipinski definition) is 3. The Morgan fingerprint density at radius 2 is 1.88 bits per heavy atom. The Morgan fingerprint density at radius 3 is 2.59 bits per heavy atom. The molecule has 0 aliphatic heterocycles. The maximum Gasteiger partial charge on any atom is 0.261 e. The fourth-order valence-electron chi connectivity index (χ4n) is 3.30. The fourth-order valence-corrected chi connectivity index (χ4v) is 4.39. The van der Waals surface area contributed by atoms with E-state index in [2.05, 4.69) is 20.0 Å². The van der Waals surface area contributed by atoms with Gasteiger partial charge in [-0.1, -0.05) is 6.07 Å². The maximum atomic E-state index is 13.0. The van der Waals surface area contributed by atoms with Gasteiger partial charge in [0.2, 0.25) is 5.43 Å². The monoisotopic (exact) mass is 478 g/mol. The van der Waals surface area contributed by atoms with Gasteiger partial charge in [0.15, 0.2) is 0 Å². The molecule has 2 heterocycles. The minimum absolute atomic E-state index is 0.0834. The van der Waals surface area contributed by atoms with Crippen LogP contribution in [0.3, 0.4) is 0 Å². The van der Waals surface area contributed by atoms with Crippen LogP contribution in [-0.4, -0.2) is 30.9 Å². The zero-order chi connectivity index (χ0) is 24.1. The summed E-state index contributed by atoms with van der Waals surface area (Å²) in [5.41, 5.74) is 0.691. The van der Waals surface area contributed by atoms with E-state index in [1.165, 1.54) is 24.4 Å². The molecule has 0 bridgehead atoms. The number of anilines is 1. The topological polar surface area (TPSA) is 130 Å². The Morgan fingerprint density at radius 1 is 1.09 bits per heavy atom. The molecule has 4 rings (SSSR count). The van der Waals surface area contributed by atoms with Crippen LogP contribution in [0.25, 0.3) is 10.9 Å². The zero-order valence-corrected chi connectivity index (χ0v) is 19.1. The standard InChI is InChI=1S/C24H22N4O5S/c1-2-33-18-8-6-16(7-9-18)28-34(31,32)19-10-11-22-20(13-19)23(29)21(15-26-22)24(30)27-14-17-5-3-4-12-25-17/h3-13,15,28H,2,14H2,1H3,(H,26,29)(H,27,30). The number of carbonyl (C=O) groups excluding carboxylic acids is 1.